The van der Waals surface area contributed by atoms with Crippen molar-refractivity contribution >= 4 is 33.4 Å². The van der Waals surface area contributed by atoms with E-state index < -0.39 is 109 Å². The van der Waals surface area contributed by atoms with E-state index in [0.29, 0.717) is 41.1 Å². The zero-order valence-corrected chi connectivity index (χ0v) is 40.8. The Hall–Kier alpha value is -6.08. The minimum atomic E-state index is -4.01. The highest BCUT2D eigenvalue weighted by Crippen LogP contribution is 2.54. The van der Waals surface area contributed by atoms with Gasteiger partial charge in [0.05, 0.1) is 63.1 Å². The maximum atomic E-state index is 15.7. The molecule has 2 aliphatic heterocycles. The number of alkyl halides is 4. The number of hydrogen-bond acceptors (Lipinski definition) is 10. The van der Waals surface area contributed by atoms with Crippen LogP contribution in [-0.4, -0.2) is 79.1 Å². The van der Waals surface area contributed by atoms with Crippen molar-refractivity contribution < 1.29 is 87.6 Å². The van der Waals surface area contributed by atoms with E-state index in [2.05, 4.69) is 18.9 Å². The van der Waals surface area contributed by atoms with E-state index in [1.54, 1.807) is 23.6 Å². The summed E-state index contributed by atoms with van der Waals surface area (Å²) in [6.07, 6.45) is -15.6. The second-order valence-electron chi connectivity index (χ2n) is 20.1. The van der Waals surface area contributed by atoms with Gasteiger partial charge in [-0.25, -0.2) is 8.78 Å². The molecule has 0 amide bonds. The highest BCUT2D eigenvalue weighted by atomic mass is 19.3. The third-order valence-electron chi connectivity index (χ3n) is 14.7. The lowest BCUT2D eigenvalue weighted by atomic mass is 9.86. The summed E-state index contributed by atoms with van der Waals surface area (Å²) in [5.41, 5.74) is -3.60. The number of aromatic nitrogens is 2. The molecular weight excluding hydrogens is 975 g/mol. The molecule has 10 rings (SSSR count). The number of benzene rings is 4. The first-order chi connectivity index (χ1) is 38.2. The molecule has 18 heteroatoms. The van der Waals surface area contributed by atoms with Crippen LogP contribution < -0.4 is 18.9 Å². The minimum absolute atomic E-state index is 0.113. The lowest BCUT2D eigenvalue weighted by molar-refractivity contribution is -0.287. The van der Waals surface area contributed by atoms with Gasteiger partial charge >= 0.3 is 12.6 Å². The number of fused-ring (bicyclic) bond motifs is 4. The number of nitrogens with zero attached hydrogens (tertiary/aromatic N) is 2. The highest BCUT2D eigenvalue weighted by molar-refractivity contribution is 5.97. The fourth-order valence-corrected chi connectivity index (χ4v) is 9.63. The molecule has 3 atom stereocenters. The van der Waals surface area contributed by atoms with Gasteiger partial charge in [0.1, 0.15) is 23.2 Å². The number of carbonyl (C=O) groups is 2. The smallest absolute Gasteiger partial charge is 0.395 e. The van der Waals surface area contributed by atoms with E-state index in [1.165, 1.54) is 41.8 Å². The van der Waals surface area contributed by atoms with Crippen LogP contribution in [0.3, 0.4) is 0 Å². The van der Waals surface area contributed by atoms with Gasteiger partial charge in [-0.15, -0.1) is 17.6 Å². The summed E-state index contributed by atoms with van der Waals surface area (Å²) in [6.45, 7) is 2.51. The first-order valence-electron chi connectivity index (χ1n) is 28.5. The third kappa shape index (κ3) is 9.85. The average molecular weight is 1040 g/mol. The Labute approximate surface area is 436 Å². The molecule has 6 aromatic rings. The summed E-state index contributed by atoms with van der Waals surface area (Å²) in [5, 5.41) is 40.5. The van der Waals surface area contributed by atoms with Crippen molar-refractivity contribution in [3.05, 3.63) is 118 Å². The van der Waals surface area contributed by atoms with Crippen molar-refractivity contribution in [2.24, 2.45) is 0 Å². The number of aliphatic hydroxyl groups excluding tert-OH is 3. The molecule has 1 unspecified atom stereocenters. The van der Waals surface area contributed by atoms with E-state index in [-0.39, 0.29) is 76.9 Å². The summed E-state index contributed by atoms with van der Waals surface area (Å²) in [6, 6.07) is 15.7. The Morgan fingerprint density at radius 2 is 1.09 bits per heavy atom. The number of ketones is 2. The van der Waals surface area contributed by atoms with Crippen molar-refractivity contribution in [1.29, 1.82) is 0 Å². The van der Waals surface area contributed by atoms with E-state index >= 15 is 8.78 Å². The van der Waals surface area contributed by atoms with Crippen molar-refractivity contribution in [3.63, 3.8) is 0 Å². The molecule has 4 heterocycles. The number of halogens is 6. The van der Waals surface area contributed by atoms with E-state index in [0.717, 1.165) is 30.0 Å². The molecule has 4 aliphatic rings. The lowest BCUT2D eigenvalue weighted by Gasteiger charge is -2.26. The van der Waals surface area contributed by atoms with Crippen LogP contribution in [0.1, 0.15) is 126 Å². The maximum absolute atomic E-state index is 15.7. The Morgan fingerprint density at radius 3 is 1.51 bits per heavy atom. The molecular formula is C56H60F6N2O10. The van der Waals surface area contributed by atoms with E-state index in [1.807, 2.05) is 26.8 Å². The standard InChI is InChI=1S/2C28H30F3NO5/c2*1-4-26(2,3)24-10-17-9-16(20(29)13-21(17)32(24)14-19(34)15-33)11-25(35)27(7-8-27)18-5-6-22-23(12-18)37-28(30,31)36-22/h2*5-6,9-10,12-13,19,33-34H,4,7-8,11,14-15H2,1-3H3/t2*19-/m11/s1/i2D3,7D2,8D2;15D2/t19-,26?;m. The predicted octanol–water partition coefficient (Wildman–Crippen LogP) is 9.97. The molecule has 74 heavy (non-hydrogen) atoms. The van der Waals surface area contributed by atoms with Crippen LogP contribution in [0.5, 0.6) is 23.0 Å². The van der Waals surface area contributed by atoms with E-state index in [4.69, 9.17) is 12.3 Å². The van der Waals surface area contributed by atoms with Gasteiger partial charge in [-0.3, -0.25) is 9.59 Å². The first-order valence-corrected chi connectivity index (χ1v) is 24.0. The number of rotatable bonds is 18. The molecule has 2 aromatic heterocycles. The second kappa shape index (κ2) is 18.9. The van der Waals surface area contributed by atoms with Gasteiger partial charge in [-0.2, -0.15) is 0 Å². The summed E-state index contributed by atoms with van der Waals surface area (Å²) in [4.78, 5) is 27.3. The monoisotopic (exact) mass is 1040 g/mol. The van der Waals surface area contributed by atoms with Crippen molar-refractivity contribution in [2.75, 3.05) is 13.2 Å². The van der Waals surface area contributed by atoms with Crippen molar-refractivity contribution in [1.82, 2.24) is 9.13 Å². The van der Waals surface area contributed by atoms with Gasteiger partial charge in [-0.05, 0) is 121 Å². The third-order valence-corrected chi connectivity index (χ3v) is 14.7. The van der Waals surface area contributed by atoms with Gasteiger partial charge in [0.15, 0.2) is 23.0 Å². The van der Waals surface area contributed by atoms with Crippen LogP contribution in [0.15, 0.2) is 72.8 Å². The van der Waals surface area contributed by atoms with Crippen LogP contribution in [0.4, 0.5) is 26.3 Å². The first kappa shape index (κ1) is 42.2. The highest BCUT2D eigenvalue weighted by Gasteiger charge is 2.54. The van der Waals surface area contributed by atoms with E-state index in [9.17, 15) is 47.6 Å². The van der Waals surface area contributed by atoms with Crippen LogP contribution in [0.2, 0.25) is 0 Å². The Kier molecular flexibility index (Phi) is 10.8. The predicted molar refractivity (Wildman–Crippen MR) is 261 cm³/mol. The molecule has 12 nitrogen and oxygen atoms in total. The molecule has 4 N–H and O–H groups in total. The molecule has 0 saturated heterocycles. The molecule has 2 aliphatic carbocycles. The molecule has 0 bridgehead atoms. The molecule has 396 valence electrons. The number of ether oxygens (including phenoxy) is 4. The summed E-state index contributed by atoms with van der Waals surface area (Å²) in [5.74, 6) is -4.05. The van der Waals surface area contributed by atoms with Gasteiger partial charge in [0.25, 0.3) is 0 Å². The minimum Gasteiger partial charge on any atom is -0.395 e. The number of aliphatic hydroxyl groups is 4. The summed E-state index contributed by atoms with van der Waals surface area (Å²) in [7, 11) is 0. The zero-order valence-electron chi connectivity index (χ0n) is 49.8. The average Bonchev–Trinajstić information content (AvgIpc) is 1.48. The molecule has 0 radical (unpaired) electrons. The normalized spacial score (nSPS) is 22.4. The van der Waals surface area contributed by atoms with Gasteiger partial charge in [0, 0.05) is 55.4 Å². The Bertz CT molecular complexity index is 3570. The fourth-order valence-electron chi connectivity index (χ4n) is 9.63. The quantitative estimate of drug-likeness (QED) is 0.0610. The van der Waals surface area contributed by atoms with Crippen LogP contribution in [0.25, 0.3) is 21.8 Å². The largest absolute Gasteiger partial charge is 0.586 e. The fraction of sp³-hybridized carbons (Fsp3) is 0.464. The van der Waals surface area contributed by atoms with Crippen molar-refractivity contribution in [2.45, 2.75) is 152 Å². The maximum Gasteiger partial charge on any atom is 0.586 e. The number of hydrogen-bond donors (Lipinski definition) is 4. The van der Waals surface area contributed by atoms with Gasteiger partial charge in [-0.1, -0.05) is 53.6 Å². The van der Waals surface area contributed by atoms with Crippen LogP contribution >= 0.6 is 0 Å². The number of carbonyl (C=O) groups excluding carboxylic acids is 2. The number of Topliss-reactive ketones (excluding diaryl/α,β-unsaturated/α-hetero) is 2. The summed E-state index contributed by atoms with van der Waals surface area (Å²) >= 11 is 0. The molecule has 4 aromatic carbocycles. The molecule has 0 spiro atoms. The van der Waals surface area contributed by atoms with Gasteiger partial charge in [0.2, 0.25) is 0 Å². The van der Waals surface area contributed by atoms with Crippen LogP contribution in [0, 0.1) is 11.6 Å². The Balaban J connectivity index is 0.000000201. The molecule has 2 saturated carbocycles. The van der Waals surface area contributed by atoms with Crippen molar-refractivity contribution in [3.8, 4) is 23.0 Å². The summed E-state index contributed by atoms with van der Waals surface area (Å²) < 4.78 is 179. The molecule has 2 fully saturated rings. The lowest BCUT2D eigenvalue weighted by Crippen LogP contribution is -2.26. The second-order valence-corrected chi connectivity index (χ2v) is 20.1. The Morgan fingerprint density at radius 1 is 0.662 bits per heavy atom. The topological polar surface area (TPSA) is 162 Å². The zero-order chi connectivity index (χ0) is 61.4. The van der Waals surface area contributed by atoms with Gasteiger partial charge < -0.3 is 48.5 Å². The van der Waals surface area contributed by atoms with Crippen LogP contribution in [-0.2, 0) is 57.2 Å². The SMILES string of the molecule is [2H]C([2H])(O)[C@H](O)Cn1c(C(C)(C)CC)cc2cc(CC(=O)C3(c4ccc5c(c4)OC(F)(F)O5)CC3)c(F)cc21.[2H]C([2H])([2H])C(C)(CC)c1cc2cc(CC(=O)C3(c4ccc5c(c4)OC(F)(F)O5)C([2H])([2H])C3([2H])[2H])c(F)cc2n1C[C@@H](O)CO.